The fourth-order valence-corrected chi connectivity index (χ4v) is 3.57. The van der Waals surface area contributed by atoms with E-state index in [2.05, 4.69) is 10.4 Å². The van der Waals surface area contributed by atoms with Gasteiger partial charge in [0.25, 0.3) is 5.91 Å². The van der Waals surface area contributed by atoms with E-state index < -0.39 is 0 Å². The van der Waals surface area contributed by atoms with Crippen LogP contribution in [0.2, 0.25) is 10.0 Å². The van der Waals surface area contributed by atoms with Crippen molar-refractivity contribution < 1.29 is 9.53 Å². The molecule has 0 unspecified atom stereocenters. The molecule has 162 valence electrons. The number of nitrogens with zero attached hydrogens (tertiary/aromatic N) is 2. The van der Waals surface area contributed by atoms with Gasteiger partial charge in [0, 0.05) is 11.8 Å². The average Bonchev–Trinajstić information content (AvgIpc) is 3.13. The second-order valence-electron chi connectivity index (χ2n) is 7.39. The van der Waals surface area contributed by atoms with Crippen LogP contribution in [0.5, 0.6) is 5.75 Å². The summed E-state index contributed by atoms with van der Waals surface area (Å²) in [6, 6.07) is 22.7. The number of aryl methyl sites for hydroxylation is 1. The van der Waals surface area contributed by atoms with Crippen LogP contribution in [0.4, 0.5) is 5.82 Å². The Morgan fingerprint density at radius 2 is 1.75 bits per heavy atom. The van der Waals surface area contributed by atoms with E-state index in [1.807, 2.05) is 55.5 Å². The predicted molar refractivity (Wildman–Crippen MR) is 128 cm³/mol. The molecule has 0 saturated heterocycles. The topological polar surface area (TPSA) is 56.1 Å². The van der Waals surface area contributed by atoms with Crippen LogP contribution >= 0.6 is 23.2 Å². The van der Waals surface area contributed by atoms with Crippen molar-refractivity contribution in [3.63, 3.8) is 0 Å². The molecule has 0 bridgehead atoms. The number of hydrogen-bond donors (Lipinski definition) is 1. The summed E-state index contributed by atoms with van der Waals surface area (Å²) in [5.74, 6) is 0.630. The molecule has 0 radical (unpaired) electrons. The normalized spacial score (nSPS) is 10.7. The highest BCUT2D eigenvalue weighted by Gasteiger charge is 2.13. The number of carbonyl (C=O) groups excluding carboxylic acids is 1. The first-order valence-corrected chi connectivity index (χ1v) is 10.8. The van der Waals surface area contributed by atoms with Crippen LogP contribution in [0.3, 0.4) is 0 Å². The Balaban J connectivity index is 1.42. The zero-order chi connectivity index (χ0) is 22.5. The molecule has 4 rings (SSSR count). The summed E-state index contributed by atoms with van der Waals surface area (Å²) in [6.45, 7) is 2.82. The maximum absolute atomic E-state index is 12.8. The Bertz CT molecular complexity index is 1240. The van der Waals surface area contributed by atoms with E-state index >= 15 is 0 Å². The van der Waals surface area contributed by atoms with Crippen molar-refractivity contribution in [1.82, 2.24) is 9.78 Å². The van der Waals surface area contributed by atoms with Gasteiger partial charge in [-0.1, -0.05) is 71.7 Å². The standard InChI is InChI=1S/C25H21Cl2N3O2/c1-17-10-11-21(26)23(12-17)32-16-19-8-5-9-20(13-19)25(31)28-24-22(27)15-30(29-24)14-18-6-3-2-4-7-18/h2-13,15H,14,16H2,1H3,(H,28,29,31). The third-order valence-electron chi connectivity index (χ3n) is 4.81. The highest BCUT2D eigenvalue weighted by Crippen LogP contribution is 2.26. The third-order valence-corrected chi connectivity index (χ3v) is 5.40. The summed E-state index contributed by atoms with van der Waals surface area (Å²) >= 11 is 12.5. The van der Waals surface area contributed by atoms with Crippen molar-refractivity contribution in [2.45, 2.75) is 20.1 Å². The minimum absolute atomic E-state index is 0.288. The number of halogens is 2. The van der Waals surface area contributed by atoms with Crippen LogP contribution < -0.4 is 10.1 Å². The summed E-state index contributed by atoms with van der Waals surface area (Å²) < 4.78 is 7.53. The number of aromatic nitrogens is 2. The van der Waals surface area contributed by atoms with Crippen molar-refractivity contribution in [3.05, 3.63) is 111 Å². The van der Waals surface area contributed by atoms with Gasteiger partial charge in [0.15, 0.2) is 5.82 Å². The molecule has 5 nitrogen and oxygen atoms in total. The molecular weight excluding hydrogens is 445 g/mol. The number of amides is 1. The highest BCUT2D eigenvalue weighted by molar-refractivity contribution is 6.33. The molecule has 0 spiro atoms. The van der Waals surface area contributed by atoms with E-state index in [0.29, 0.717) is 33.7 Å². The number of nitrogens with one attached hydrogen (secondary N) is 1. The molecule has 7 heteroatoms. The van der Waals surface area contributed by atoms with Crippen molar-refractivity contribution in [1.29, 1.82) is 0 Å². The Morgan fingerprint density at radius 3 is 2.56 bits per heavy atom. The third kappa shape index (κ3) is 5.49. The lowest BCUT2D eigenvalue weighted by atomic mass is 10.1. The molecule has 0 fully saturated rings. The first-order chi connectivity index (χ1) is 15.5. The van der Waals surface area contributed by atoms with Crippen molar-refractivity contribution >= 4 is 34.9 Å². The molecule has 0 atom stereocenters. The summed E-state index contributed by atoms with van der Waals surface area (Å²) in [7, 11) is 0. The number of anilines is 1. The van der Waals surface area contributed by atoms with Crippen LogP contribution in [0.25, 0.3) is 0 Å². The zero-order valence-corrected chi connectivity index (χ0v) is 18.9. The van der Waals surface area contributed by atoms with Crippen LogP contribution in [-0.4, -0.2) is 15.7 Å². The molecule has 0 aliphatic rings. The van der Waals surface area contributed by atoms with Gasteiger partial charge in [0.05, 0.1) is 11.6 Å². The lowest BCUT2D eigenvalue weighted by Crippen LogP contribution is -2.13. The molecule has 1 amide bonds. The largest absolute Gasteiger partial charge is 0.487 e. The Morgan fingerprint density at radius 1 is 0.969 bits per heavy atom. The first kappa shape index (κ1) is 21.9. The first-order valence-electron chi connectivity index (χ1n) is 10.0. The van der Waals surface area contributed by atoms with Crippen LogP contribution in [0.15, 0.2) is 79.0 Å². The molecule has 0 aliphatic heterocycles. The quantitative estimate of drug-likeness (QED) is 0.344. The number of benzene rings is 3. The second kappa shape index (κ2) is 9.90. The van der Waals surface area contributed by atoms with Crippen molar-refractivity contribution in [2.24, 2.45) is 0 Å². The van der Waals surface area contributed by atoms with E-state index in [-0.39, 0.29) is 12.5 Å². The molecule has 1 heterocycles. The van der Waals surface area contributed by atoms with Gasteiger partial charge >= 0.3 is 0 Å². The number of ether oxygens (including phenoxy) is 1. The molecule has 0 aliphatic carbocycles. The highest BCUT2D eigenvalue weighted by atomic mass is 35.5. The van der Waals surface area contributed by atoms with Gasteiger partial charge in [0.1, 0.15) is 17.4 Å². The number of carbonyl (C=O) groups is 1. The van der Waals surface area contributed by atoms with Gasteiger partial charge in [0.2, 0.25) is 0 Å². The molecule has 4 aromatic rings. The number of rotatable bonds is 7. The smallest absolute Gasteiger partial charge is 0.256 e. The van der Waals surface area contributed by atoms with Gasteiger partial charge in [-0.05, 0) is 47.9 Å². The van der Waals surface area contributed by atoms with Gasteiger partial charge < -0.3 is 10.1 Å². The van der Waals surface area contributed by atoms with Crippen molar-refractivity contribution in [3.8, 4) is 5.75 Å². The van der Waals surface area contributed by atoms with Gasteiger partial charge in [-0.25, -0.2) is 0 Å². The average molecular weight is 466 g/mol. The van der Waals surface area contributed by atoms with Crippen molar-refractivity contribution in [2.75, 3.05) is 5.32 Å². The number of hydrogen-bond acceptors (Lipinski definition) is 3. The van der Waals surface area contributed by atoms with Gasteiger partial charge in [-0.15, -0.1) is 0 Å². The van der Waals surface area contributed by atoms with Crippen LogP contribution in [0.1, 0.15) is 27.0 Å². The van der Waals surface area contributed by atoms with E-state index in [9.17, 15) is 4.79 Å². The molecule has 0 saturated carbocycles. The minimum atomic E-state index is -0.299. The SMILES string of the molecule is Cc1ccc(Cl)c(OCc2cccc(C(=O)Nc3nn(Cc4ccccc4)cc3Cl)c2)c1. The van der Waals surface area contributed by atoms with Gasteiger partial charge in [-0.2, -0.15) is 5.10 Å². The Labute approximate surface area is 196 Å². The van der Waals surface area contributed by atoms with E-state index in [4.69, 9.17) is 27.9 Å². The maximum atomic E-state index is 12.8. The lowest BCUT2D eigenvalue weighted by Gasteiger charge is -2.10. The lowest BCUT2D eigenvalue weighted by molar-refractivity contribution is 0.102. The zero-order valence-electron chi connectivity index (χ0n) is 17.4. The molecule has 1 N–H and O–H groups in total. The summed E-state index contributed by atoms with van der Waals surface area (Å²) in [5, 5.41) is 8.11. The fraction of sp³-hybridized carbons (Fsp3) is 0.120. The molecule has 3 aromatic carbocycles. The minimum Gasteiger partial charge on any atom is -0.487 e. The summed E-state index contributed by atoms with van der Waals surface area (Å²) in [5.41, 5.74) is 3.47. The van der Waals surface area contributed by atoms with E-state index in [0.717, 1.165) is 16.7 Å². The fourth-order valence-electron chi connectivity index (χ4n) is 3.20. The molecular formula is C25H21Cl2N3O2. The van der Waals surface area contributed by atoms with Crippen LogP contribution in [0, 0.1) is 6.92 Å². The Hall–Kier alpha value is -3.28. The maximum Gasteiger partial charge on any atom is 0.256 e. The molecule has 1 aromatic heterocycles. The van der Waals surface area contributed by atoms with Crippen LogP contribution in [-0.2, 0) is 13.2 Å². The summed E-state index contributed by atoms with van der Waals surface area (Å²) in [4.78, 5) is 12.8. The monoisotopic (exact) mass is 465 g/mol. The molecule has 32 heavy (non-hydrogen) atoms. The van der Waals surface area contributed by atoms with E-state index in [1.54, 1.807) is 35.1 Å². The second-order valence-corrected chi connectivity index (χ2v) is 8.20. The van der Waals surface area contributed by atoms with Gasteiger partial charge in [-0.3, -0.25) is 9.48 Å². The van der Waals surface area contributed by atoms with E-state index in [1.165, 1.54) is 0 Å². The predicted octanol–water partition coefficient (Wildman–Crippen LogP) is 6.38. The summed E-state index contributed by atoms with van der Waals surface area (Å²) in [6.07, 6.45) is 1.69. The Kier molecular flexibility index (Phi) is 6.78.